The van der Waals surface area contributed by atoms with Gasteiger partial charge < -0.3 is 10.0 Å². The number of amides is 1. The fraction of sp³-hybridized carbons (Fsp3) is 0.562. The summed E-state index contributed by atoms with van der Waals surface area (Å²) in [4.78, 5) is 35.5. The molecule has 2 aromatic rings. The molecule has 1 saturated carbocycles. The molecule has 2 N–H and O–H groups in total. The van der Waals surface area contributed by atoms with Gasteiger partial charge in [0.15, 0.2) is 10.8 Å². The fourth-order valence-electron chi connectivity index (χ4n) is 4.09. The molecule has 132 valence electrons. The van der Waals surface area contributed by atoms with Crippen molar-refractivity contribution in [2.45, 2.75) is 51.1 Å². The minimum atomic E-state index is -0.916. The van der Waals surface area contributed by atoms with Gasteiger partial charge in [-0.1, -0.05) is 12.8 Å². The molecule has 0 unspecified atom stereocenters. The highest BCUT2D eigenvalue weighted by molar-refractivity contribution is 7.17. The molecule has 4 rings (SSSR count). The first-order valence-corrected chi connectivity index (χ1v) is 9.26. The smallest absolute Gasteiger partial charge is 0.326 e. The van der Waals surface area contributed by atoms with E-state index in [0.717, 1.165) is 25.7 Å². The van der Waals surface area contributed by atoms with E-state index in [0.29, 0.717) is 33.7 Å². The summed E-state index contributed by atoms with van der Waals surface area (Å²) in [5.41, 5.74) is 0.602. The number of aryl methyl sites for hydroxylation is 1. The van der Waals surface area contributed by atoms with Gasteiger partial charge in [0.2, 0.25) is 0 Å². The van der Waals surface area contributed by atoms with Crippen molar-refractivity contribution in [1.82, 2.24) is 25.1 Å². The molecule has 2 aliphatic rings. The lowest BCUT2D eigenvalue weighted by molar-refractivity contribution is -0.141. The summed E-state index contributed by atoms with van der Waals surface area (Å²) in [5.74, 6) is -0.331. The van der Waals surface area contributed by atoms with Gasteiger partial charge >= 0.3 is 5.97 Å². The van der Waals surface area contributed by atoms with Crippen LogP contribution in [0.15, 0.2) is 6.33 Å². The molecule has 1 amide bonds. The first kappa shape index (κ1) is 16.2. The molecule has 3 heterocycles. The average Bonchev–Trinajstić information content (AvgIpc) is 3.31. The van der Waals surface area contributed by atoms with Crippen molar-refractivity contribution in [2.24, 2.45) is 5.92 Å². The number of likely N-dealkylation sites (tertiary alicyclic amines) is 1. The average molecular weight is 361 g/mol. The van der Waals surface area contributed by atoms with Crippen LogP contribution in [0.25, 0.3) is 10.8 Å². The van der Waals surface area contributed by atoms with Crippen LogP contribution in [0.4, 0.5) is 0 Å². The summed E-state index contributed by atoms with van der Waals surface area (Å²) in [6.45, 7) is 1.77. The highest BCUT2D eigenvalue weighted by atomic mass is 32.1. The molecule has 0 radical (unpaired) electrons. The van der Waals surface area contributed by atoms with Crippen LogP contribution < -0.4 is 0 Å². The molecule has 2 aromatic heterocycles. The quantitative estimate of drug-likeness (QED) is 0.866. The number of aliphatic carboxylic acids is 1. The molecule has 2 fully saturated rings. The third-order valence-electron chi connectivity index (χ3n) is 5.22. The van der Waals surface area contributed by atoms with Gasteiger partial charge in [-0.2, -0.15) is 5.10 Å². The van der Waals surface area contributed by atoms with Crippen LogP contribution in [-0.4, -0.2) is 54.1 Å². The Labute approximate surface area is 148 Å². The van der Waals surface area contributed by atoms with E-state index >= 15 is 0 Å². The van der Waals surface area contributed by atoms with Crippen LogP contribution in [-0.2, 0) is 4.79 Å². The second-order valence-electron chi connectivity index (χ2n) is 6.68. The number of aromatic amines is 1. The number of carboxylic acid groups (broad SMARTS) is 1. The predicted molar refractivity (Wildman–Crippen MR) is 90.2 cm³/mol. The second kappa shape index (κ2) is 6.21. The topological polar surface area (TPSA) is 112 Å². The van der Waals surface area contributed by atoms with E-state index in [1.54, 1.807) is 11.8 Å². The first-order chi connectivity index (χ1) is 12.1. The lowest BCUT2D eigenvalue weighted by Gasteiger charge is -2.32. The van der Waals surface area contributed by atoms with Crippen molar-refractivity contribution < 1.29 is 14.7 Å². The van der Waals surface area contributed by atoms with E-state index in [-0.39, 0.29) is 11.9 Å². The molecular formula is C16H19N5O3S. The van der Waals surface area contributed by atoms with E-state index in [1.807, 2.05) is 0 Å². The van der Waals surface area contributed by atoms with Gasteiger partial charge in [-0.3, -0.25) is 9.89 Å². The van der Waals surface area contributed by atoms with Gasteiger partial charge in [0.25, 0.3) is 5.91 Å². The van der Waals surface area contributed by atoms with Crippen molar-refractivity contribution in [3.63, 3.8) is 0 Å². The number of hydrogen-bond donors (Lipinski definition) is 2. The first-order valence-electron chi connectivity index (χ1n) is 8.45. The Bertz CT molecular complexity index is 803. The molecule has 8 nitrogen and oxygen atoms in total. The highest BCUT2D eigenvalue weighted by Crippen LogP contribution is 2.41. The monoisotopic (exact) mass is 361 g/mol. The summed E-state index contributed by atoms with van der Waals surface area (Å²) in [7, 11) is 0. The molecular weight excluding hydrogens is 342 g/mol. The highest BCUT2D eigenvalue weighted by Gasteiger charge is 2.48. The molecule has 1 aliphatic carbocycles. The Hall–Kier alpha value is -2.29. The number of carbonyl (C=O) groups excluding carboxylic acids is 1. The number of carbonyl (C=O) groups is 2. The summed E-state index contributed by atoms with van der Waals surface area (Å²) < 4.78 is 0. The molecule has 1 aliphatic heterocycles. The van der Waals surface area contributed by atoms with Gasteiger partial charge in [0.1, 0.15) is 17.2 Å². The van der Waals surface area contributed by atoms with Crippen LogP contribution in [0.2, 0.25) is 0 Å². The van der Waals surface area contributed by atoms with E-state index in [4.69, 9.17) is 0 Å². The number of fused-ring (bicyclic) bond motifs is 1. The maximum Gasteiger partial charge on any atom is 0.326 e. The Morgan fingerprint density at radius 3 is 2.88 bits per heavy atom. The van der Waals surface area contributed by atoms with E-state index < -0.39 is 12.0 Å². The van der Waals surface area contributed by atoms with Crippen molar-refractivity contribution >= 4 is 23.2 Å². The van der Waals surface area contributed by atoms with Gasteiger partial charge in [-0.15, -0.1) is 11.3 Å². The molecule has 9 heteroatoms. The van der Waals surface area contributed by atoms with Crippen LogP contribution >= 0.6 is 11.3 Å². The zero-order valence-electron chi connectivity index (χ0n) is 13.8. The Kier molecular flexibility index (Phi) is 4.03. The number of nitrogens with one attached hydrogen (secondary N) is 1. The maximum absolute atomic E-state index is 13.2. The van der Waals surface area contributed by atoms with Crippen molar-refractivity contribution in [3.8, 4) is 10.8 Å². The second-order valence-corrected chi connectivity index (χ2v) is 7.68. The Balaban J connectivity index is 1.68. The molecule has 1 saturated heterocycles. The van der Waals surface area contributed by atoms with E-state index in [9.17, 15) is 14.7 Å². The Morgan fingerprint density at radius 1 is 1.36 bits per heavy atom. The van der Waals surface area contributed by atoms with Gasteiger partial charge in [0, 0.05) is 6.04 Å². The molecule has 0 spiro atoms. The van der Waals surface area contributed by atoms with Gasteiger partial charge in [-0.25, -0.2) is 14.8 Å². The third-order valence-corrected chi connectivity index (χ3v) is 6.37. The number of thiazole rings is 1. The lowest BCUT2D eigenvalue weighted by atomic mass is 9.85. The van der Waals surface area contributed by atoms with E-state index in [2.05, 4.69) is 20.2 Å². The number of carboxylic acids is 1. The van der Waals surface area contributed by atoms with Crippen LogP contribution in [0.5, 0.6) is 0 Å². The van der Waals surface area contributed by atoms with Gasteiger partial charge in [0.05, 0.1) is 5.69 Å². The van der Waals surface area contributed by atoms with Gasteiger partial charge in [-0.05, 0) is 32.1 Å². The lowest BCUT2D eigenvalue weighted by Crippen LogP contribution is -2.46. The Morgan fingerprint density at radius 2 is 2.16 bits per heavy atom. The third kappa shape index (κ3) is 2.72. The summed E-state index contributed by atoms with van der Waals surface area (Å²) >= 11 is 1.24. The molecule has 0 bridgehead atoms. The van der Waals surface area contributed by atoms with Crippen molar-refractivity contribution in [3.05, 3.63) is 16.9 Å². The number of nitrogens with zero attached hydrogens (tertiary/aromatic N) is 4. The van der Waals surface area contributed by atoms with Crippen LogP contribution in [0, 0.1) is 12.8 Å². The maximum atomic E-state index is 13.2. The fourth-order valence-corrected chi connectivity index (χ4v) is 5.05. The molecule has 25 heavy (non-hydrogen) atoms. The van der Waals surface area contributed by atoms with Crippen molar-refractivity contribution in [1.29, 1.82) is 0 Å². The standard InChI is InChI=1S/C16H19N5O3S/c1-8-12(25-14(19-8)13-17-7-18-20-13)15(22)21-10-5-3-2-4-9(10)6-11(21)16(23)24/h7,9-11H,2-6H2,1H3,(H,23,24)(H,17,18,20)/t9-,10-,11-/m0/s1. The summed E-state index contributed by atoms with van der Waals surface area (Å²) in [6, 6.07) is -0.714. The number of aromatic nitrogens is 4. The largest absolute Gasteiger partial charge is 0.480 e. The number of hydrogen-bond acceptors (Lipinski definition) is 6. The predicted octanol–water partition coefficient (Wildman–Crippen LogP) is 2.09. The summed E-state index contributed by atoms with van der Waals surface area (Å²) in [6.07, 6.45) is 5.99. The minimum Gasteiger partial charge on any atom is -0.480 e. The van der Waals surface area contributed by atoms with Crippen molar-refractivity contribution in [2.75, 3.05) is 0 Å². The van der Waals surface area contributed by atoms with Crippen LogP contribution in [0.1, 0.15) is 47.5 Å². The molecule has 0 aromatic carbocycles. The minimum absolute atomic E-state index is 0.0255. The molecule has 3 atom stereocenters. The number of H-pyrrole nitrogens is 1. The van der Waals surface area contributed by atoms with Crippen LogP contribution in [0.3, 0.4) is 0 Å². The van der Waals surface area contributed by atoms with E-state index in [1.165, 1.54) is 17.7 Å². The number of rotatable bonds is 3. The zero-order chi connectivity index (χ0) is 17.6. The normalized spacial score (nSPS) is 25.8. The summed E-state index contributed by atoms with van der Waals surface area (Å²) in [5, 5.41) is 16.8. The SMILES string of the molecule is Cc1nc(-c2ncn[nH]2)sc1C(=O)N1[C@H](C(=O)O)C[C@@H]2CCCC[C@@H]21. The zero-order valence-corrected chi connectivity index (χ0v) is 14.6.